The maximum atomic E-state index is 11.9. The van der Waals surface area contributed by atoms with Gasteiger partial charge < -0.3 is 10.6 Å². The van der Waals surface area contributed by atoms with Crippen LogP contribution in [0.1, 0.15) is 0 Å². The van der Waals surface area contributed by atoms with Crippen molar-refractivity contribution in [2.75, 3.05) is 50.0 Å². The Kier molecular flexibility index (Phi) is 4.66. The normalized spacial score (nSPS) is 17.4. The van der Waals surface area contributed by atoms with E-state index in [1.807, 2.05) is 11.0 Å². The number of alkyl halides is 3. The van der Waals surface area contributed by atoms with Crippen LogP contribution in [0, 0.1) is 0 Å². The minimum Gasteiger partial charge on any atom is -0.384 e. The number of halogens is 3. The van der Waals surface area contributed by atoms with Crippen LogP contribution in [0.25, 0.3) is 0 Å². The predicted octanol–water partition coefficient (Wildman–Crippen LogP) is 1.32. The van der Waals surface area contributed by atoms with Gasteiger partial charge in [-0.05, 0) is 12.1 Å². The Morgan fingerprint density at radius 1 is 1.20 bits per heavy atom. The van der Waals surface area contributed by atoms with Crippen LogP contribution in [0.4, 0.5) is 24.7 Å². The first-order valence-corrected chi connectivity index (χ1v) is 6.33. The number of nitrogens with zero attached hydrogens (tertiary/aromatic N) is 3. The van der Waals surface area contributed by atoms with Crippen molar-refractivity contribution >= 4 is 11.5 Å². The fraction of sp³-hybridized carbons (Fsp3) is 0.583. The molecular formula is C12H17F3N4O. The summed E-state index contributed by atoms with van der Waals surface area (Å²) in [6.07, 6.45) is -2.84. The number of anilines is 2. The summed E-state index contributed by atoms with van der Waals surface area (Å²) in [4.78, 5) is 8.11. The Hall–Kier alpha value is -1.54. The first-order chi connectivity index (χ1) is 9.44. The molecule has 1 aromatic rings. The van der Waals surface area contributed by atoms with Crippen molar-refractivity contribution in [1.29, 1.82) is 0 Å². The lowest BCUT2D eigenvalue weighted by atomic mass is 10.2. The quantitative estimate of drug-likeness (QED) is 0.906. The van der Waals surface area contributed by atoms with E-state index in [9.17, 15) is 13.2 Å². The minimum atomic E-state index is -4.54. The lowest BCUT2D eigenvalue weighted by Gasteiger charge is -2.35. The number of ether oxygens (including phenoxy) is 1. The Labute approximate surface area is 115 Å². The van der Waals surface area contributed by atoms with Crippen LogP contribution in [-0.4, -0.2) is 55.6 Å². The van der Waals surface area contributed by atoms with Crippen molar-refractivity contribution < 1.29 is 17.9 Å². The van der Waals surface area contributed by atoms with E-state index >= 15 is 0 Å². The molecule has 1 aliphatic heterocycles. The summed E-state index contributed by atoms with van der Waals surface area (Å²) in [6, 6.07) is 3.63. The lowest BCUT2D eigenvalue weighted by molar-refractivity contribution is -0.325. The van der Waals surface area contributed by atoms with Gasteiger partial charge in [-0.1, -0.05) is 0 Å². The first-order valence-electron chi connectivity index (χ1n) is 6.33. The van der Waals surface area contributed by atoms with Gasteiger partial charge in [0, 0.05) is 32.7 Å². The van der Waals surface area contributed by atoms with Crippen molar-refractivity contribution in [2.45, 2.75) is 6.36 Å². The molecule has 0 atom stereocenters. The molecule has 0 unspecified atom stereocenters. The third-order valence-corrected chi connectivity index (χ3v) is 3.18. The minimum absolute atomic E-state index is 0.285. The highest BCUT2D eigenvalue weighted by Gasteiger charge is 2.29. The summed E-state index contributed by atoms with van der Waals surface area (Å²) in [5, 5.41) is 0. The molecule has 1 aromatic heterocycles. The molecule has 8 heteroatoms. The number of nitrogens with two attached hydrogens (primary N) is 1. The molecule has 112 valence electrons. The van der Waals surface area contributed by atoms with Gasteiger partial charge in [0.2, 0.25) is 0 Å². The van der Waals surface area contributed by atoms with Crippen molar-refractivity contribution in [3.63, 3.8) is 0 Å². The number of hydrogen-bond acceptors (Lipinski definition) is 5. The Bertz CT molecular complexity index is 416. The highest BCUT2D eigenvalue weighted by atomic mass is 19.4. The molecule has 0 aromatic carbocycles. The van der Waals surface area contributed by atoms with Gasteiger partial charge in [-0.25, -0.2) is 4.98 Å². The van der Waals surface area contributed by atoms with Crippen LogP contribution >= 0.6 is 0 Å². The average Bonchev–Trinajstić information content (AvgIpc) is 2.39. The molecule has 0 aliphatic carbocycles. The van der Waals surface area contributed by atoms with Crippen molar-refractivity contribution in [3.8, 4) is 0 Å². The second-order valence-corrected chi connectivity index (χ2v) is 4.56. The van der Waals surface area contributed by atoms with Gasteiger partial charge in [-0.15, -0.1) is 13.2 Å². The number of hydrogen-bond donors (Lipinski definition) is 1. The third kappa shape index (κ3) is 4.53. The molecule has 2 heterocycles. The summed E-state index contributed by atoms with van der Waals surface area (Å²) in [6.45, 7) is 2.85. The Balaban J connectivity index is 1.74. The maximum Gasteiger partial charge on any atom is 0.522 e. The Morgan fingerprint density at radius 3 is 2.45 bits per heavy atom. The smallest absolute Gasteiger partial charge is 0.384 e. The van der Waals surface area contributed by atoms with Crippen LogP contribution in [-0.2, 0) is 4.74 Å². The Morgan fingerprint density at radius 2 is 1.90 bits per heavy atom. The van der Waals surface area contributed by atoms with E-state index in [4.69, 9.17) is 5.73 Å². The molecular weight excluding hydrogens is 273 g/mol. The SMILES string of the molecule is Nc1ccc(N2CCN(CCOC(F)(F)F)CC2)cn1. The van der Waals surface area contributed by atoms with Crippen molar-refractivity contribution in [3.05, 3.63) is 18.3 Å². The number of nitrogen functional groups attached to an aromatic ring is 1. The van der Waals surface area contributed by atoms with E-state index in [1.54, 1.807) is 12.3 Å². The maximum absolute atomic E-state index is 11.9. The number of aromatic nitrogens is 1. The first kappa shape index (κ1) is 14.9. The van der Waals surface area contributed by atoms with E-state index < -0.39 is 6.36 Å². The van der Waals surface area contributed by atoms with Crippen LogP contribution in [0.15, 0.2) is 18.3 Å². The molecule has 0 bridgehead atoms. The van der Waals surface area contributed by atoms with Crippen molar-refractivity contribution in [2.24, 2.45) is 0 Å². The van der Waals surface area contributed by atoms with Crippen LogP contribution < -0.4 is 10.6 Å². The summed E-state index contributed by atoms with van der Waals surface area (Å²) < 4.78 is 39.4. The molecule has 1 aliphatic rings. The second-order valence-electron chi connectivity index (χ2n) is 4.56. The van der Waals surface area contributed by atoms with Gasteiger partial charge in [-0.2, -0.15) is 0 Å². The second kappa shape index (κ2) is 6.27. The molecule has 2 N–H and O–H groups in total. The molecule has 0 radical (unpaired) electrons. The number of rotatable bonds is 4. The van der Waals surface area contributed by atoms with Crippen LogP contribution in [0.5, 0.6) is 0 Å². The zero-order chi connectivity index (χ0) is 14.6. The summed E-state index contributed by atoms with van der Waals surface area (Å²) in [5.74, 6) is 0.469. The summed E-state index contributed by atoms with van der Waals surface area (Å²) >= 11 is 0. The number of piperazine rings is 1. The van der Waals surface area contributed by atoms with Crippen LogP contribution in [0.3, 0.4) is 0 Å². The molecule has 0 amide bonds. The molecule has 20 heavy (non-hydrogen) atoms. The van der Waals surface area contributed by atoms with E-state index in [0.717, 1.165) is 18.8 Å². The van der Waals surface area contributed by atoms with E-state index in [0.29, 0.717) is 18.9 Å². The fourth-order valence-electron chi connectivity index (χ4n) is 2.10. The van der Waals surface area contributed by atoms with E-state index in [2.05, 4.69) is 14.6 Å². The summed E-state index contributed by atoms with van der Waals surface area (Å²) in [7, 11) is 0. The van der Waals surface area contributed by atoms with Gasteiger partial charge in [-0.3, -0.25) is 9.64 Å². The molecule has 0 saturated carbocycles. The zero-order valence-electron chi connectivity index (χ0n) is 10.9. The molecule has 1 saturated heterocycles. The summed E-state index contributed by atoms with van der Waals surface area (Å²) in [5.41, 5.74) is 6.50. The lowest BCUT2D eigenvalue weighted by Crippen LogP contribution is -2.47. The highest BCUT2D eigenvalue weighted by Crippen LogP contribution is 2.17. The molecule has 2 rings (SSSR count). The van der Waals surface area contributed by atoms with Gasteiger partial charge in [0.05, 0.1) is 18.5 Å². The topological polar surface area (TPSA) is 54.6 Å². The molecule has 0 spiro atoms. The monoisotopic (exact) mass is 290 g/mol. The van der Waals surface area contributed by atoms with Gasteiger partial charge in [0.15, 0.2) is 0 Å². The largest absolute Gasteiger partial charge is 0.522 e. The highest BCUT2D eigenvalue weighted by molar-refractivity contribution is 5.48. The fourth-order valence-corrected chi connectivity index (χ4v) is 2.10. The predicted molar refractivity (Wildman–Crippen MR) is 69.3 cm³/mol. The number of pyridine rings is 1. The molecule has 1 fully saturated rings. The average molecular weight is 290 g/mol. The molecule has 5 nitrogen and oxygen atoms in total. The van der Waals surface area contributed by atoms with Gasteiger partial charge in [0.1, 0.15) is 5.82 Å². The van der Waals surface area contributed by atoms with Gasteiger partial charge in [0.25, 0.3) is 0 Å². The van der Waals surface area contributed by atoms with E-state index in [-0.39, 0.29) is 13.2 Å². The van der Waals surface area contributed by atoms with Gasteiger partial charge >= 0.3 is 6.36 Å². The standard InChI is InChI=1S/C12H17F3N4O/c13-12(14,15)20-8-7-18-3-5-19(6-4-18)10-1-2-11(16)17-9-10/h1-2,9H,3-8H2,(H2,16,17). The van der Waals surface area contributed by atoms with Crippen LogP contribution in [0.2, 0.25) is 0 Å². The van der Waals surface area contributed by atoms with Crippen molar-refractivity contribution in [1.82, 2.24) is 9.88 Å². The zero-order valence-corrected chi connectivity index (χ0v) is 10.9. The third-order valence-electron chi connectivity index (χ3n) is 3.18. The van der Waals surface area contributed by atoms with E-state index in [1.165, 1.54) is 0 Å².